The topological polar surface area (TPSA) is 12.0 Å². The van der Waals surface area contributed by atoms with Crippen LogP contribution in [0.4, 0.5) is 0 Å². The van der Waals surface area contributed by atoms with Gasteiger partial charge in [-0.05, 0) is 29.0 Å². The molecule has 1 aromatic rings. The van der Waals surface area contributed by atoms with Gasteiger partial charge in [0.15, 0.2) is 0 Å². The molecule has 1 N–H and O–H groups in total. The Bertz CT molecular complexity index is 360. The molecule has 1 aliphatic rings. The van der Waals surface area contributed by atoms with E-state index >= 15 is 0 Å². The van der Waals surface area contributed by atoms with Gasteiger partial charge in [0.2, 0.25) is 0 Å². The van der Waals surface area contributed by atoms with Crippen LogP contribution in [0.1, 0.15) is 43.4 Å². The predicted molar refractivity (Wildman–Crippen MR) is 65.1 cm³/mol. The molecule has 1 heterocycles. The number of fused-ring (bicyclic) bond motifs is 1. The van der Waals surface area contributed by atoms with E-state index in [-0.39, 0.29) is 0 Å². The summed E-state index contributed by atoms with van der Waals surface area (Å²) >= 11 is 0. The van der Waals surface area contributed by atoms with Gasteiger partial charge in [-0.2, -0.15) is 0 Å². The van der Waals surface area contributed by atoms with Crippen LogP contribution in [0.25, 0.3) is 0 Å². The minimum absolute atomic E-state index is 0.343. The SMILES string of the molecule is Cc1cccc2c1CNCC2C(C)(C)C. The largest absolute Gasteiger partial charge is 0.312 e. The van der Waals surface area contributed by atoms with Crippen molar-refractivity contribution in [3.8, 4) is 0 Å². The third-order valence-corrected chi connectivity index (χ3v) is 3.52. The van der Waals surface area contributed by atoms with Gasteiger partial charge in [-0.3, -0.25) is 0 Å². The number of rotatable bonds is 0. The molecular formula is C14H21N. The standard InChI is InChI=1S/C14H21N/c1-10-6-5-7-11-12(10)8-15-9-13(11)14(2,3)4/h5-7,13,15H,8-9H2,1-4H3. The van der Waals surface area contributed by atoms with Crippen molar-refractivity contribution in [3.63, 3.8) is 0 Å². The summed E-state index contributed by atoms with van der Waals surface area (Å²) in [6.45, 7) is 11.4. The normalized spacial score (nSPS) is 21.2. The first-order valence-electron chi connectivity index (χ1n) is 5.79. The van der Waals surface area contributed by atoms with E-state index in [1.807, 2.05) is 0 Å². The molecule has 0 bridgehead atoms. The van der Waals surface area contributed by atoms with E-state index in [9.17, 15) is 0 Å². The fourth-order valence-corrected chi connectivity index (χ4v) is 2.52. The molecule has 0 radical (unpaired) electrons. The van der Waals surface area contributed by atoms with Gasteiger partial charge < -0.3 is 5.32 Å². The first-order valence-corrected chi connectivity index (χ1v) is 5.79. The third-order valence-electron chi connectivity index (χ3n) is 3.52. The van der Waals surface area contributed by atoms with Crippen LogP contribution in [-0.2, 0) is 6.54 Å². The number of nitrogens with one attached hydrogen (secondary N) is 1. The van der Waals surface area contributed by atoms with E-state index in [1.54, 1.807) is 5.56 Å². The average molecular weight is 203 g/mol. The number of aryl methyl sites for hydroxylation is 1. The maximum atomic E-state index is 3.54. The molecule has 1 unspecified atom stereocenters. The summed E-state index contributed by atoms with van der Waals surface area (Å²) in [6, 6.07) is 6.71. The van der Waals surface area contributed by atoms with E-state index in [0.29, 0.717) is 11.3 Å². The molecular weight excluding hydrogens is 182 g/mol. The highest BCUT2D eigenvalue weighted by molar-refractivity contribution is 5.39. The number of benzene rings is 1. The van der Waals surface area contributed by atoms with Gasteiger partial charge in [-0.1, -0.05) is 39.0 Å². The molecule has 1 nitrogen and oxygen atoms in total. The molecule has 82 valence electrons. The number of hydrogen-bond donors (Lipinski definition) is 1. The van der Waals surface area contributed by atoms with Crippen molar-refractivity contribution in [2.75, 3.05) is 6.54 Å². The second kappa shape index (κ2) is 3.64. The Morgan fingerprint density at radius 2 is 2.00 bits per heavy atom. The monoisotopic (exact) mass is 203 g/mol. The van der Waals surface area contributed by atoms with Crippen molar-refractivity contribution < 1.29 is 0 Å². The van der Waals surface area contributed by atoms with Gasteiger partial charge in [-0.25, -0.2) is 0 Å². The quantitative estimate of drug-likeness (QED) is 0.682. The highest BCUT2D eigenvalue weighted by Crippen LogP contribution is 2.38. The average Bonchev–Trinajstić information content (AvgIpc) is 2.16. The summed E-state index contributed by atoms with van der Waals surface area (Å²) in [5.74, 6) is 0.640. The van der Waals surface area contributed by atoms with Crippen molar-refractivity contribution in [1.82, 2.24) is 5.32 Å². The van der Waals surface area contributed by atoms with Crippen LogP contribution < -0.4 is 5.32 Å². The highest BCUT2D eigenvalue weighted by atomic mass is 14.9. The summed E-state index contributed by atoms with van der Waals surface area (Å²) in [7, 11) is 0. The molecule has 1 atom stereocenters. The fraction of sp³-hybridized carbons (Fsp3) is 0.571. The molecule has 15 heavy (non-hydrogen) atoms. The van der Waals surface area contributed by atoms with Crippen molar-refractivity contribution in [2.45, 2.75) is 40.2 Å². The lowest BCUT2D eigenvalue weighted by Crippen LogP contribution is -2.35. The molecule has 0 amide bonds. The zero-order valence-electron chi connectivity index (χ0n) is 10.2. The first-order chi connectivity index (χ1) is 7.00. The molecule has 1 heteroatoms. The number of hydrogen-bond acceptors (Lipinski definition) is 1. The van der Waals surface area contributed by atoms with Crippen LogP contribution >= 0.6 is 0 Å². The summed E-state index contributed by atoms with van der Waals surface area (Å²) in [6.07, 6.45) is 0. The van der Waals surface area contributed by atoms with Crippen molar-refractivity contribution >= 4 is 0 Å². The van der Waals surface area contributed by atoms with E-state index < -0.39 is 0 Å². The zero-order valence-corrected chi connectivity index (χ0v) is 10.2. The van der Waals surface area contributed by atoms with Crippen molar-refractivity contribution in [3.05, 3.63) is 34.9 Å². The van der Waals surface area contributed by atoms with Crippen molar-refractivity contribution in [1.29, 1.82) is 0 Å². The van der Waals surface area contributed by atoms with Gasteiger partial charge in [-0.15, -0.1) is 0 Å². The van der Waals surface area contributed by atoms with Crippen LogP contribution in [0.3, 0.4) is 0 Å². The van der Waals surface area contributed by atoms with Crippen LogP contribution in [-0.4, -0.2) is 6.54 Å². The second-order valence-corrected chi connectivity index (χ2v) is 5.69. The lowest BCUT2D eigenvalue weighted by molar-refractivity contribution is 0.296. The lowest BCUT2D eigenvalue weighted by atomic mass is 9.73. The Labute approximate surface area is 92.9 Å². The lowest BCUT2D eigenvalue weighted by Gasteiger charge is -2.36. The van der Waals surface area contributed by atoms with Crippen LogP contribution in [0.2, 0.25) is 0 Å². The molecule has 0 saturated carbocycles. The summed E-state index contributed by atoms with van der Waals surface area (Å²) in [5.41, 5.74) is 4.84. The van der Waals surface area contributed by atoms with Crippen LogP contribution in [0.5, 0.6) is 0 Å². The summed E-state index contributed by atoms with van der Waals surface area (Å²) in [4.78, 5) is 0. The van der Waals surface area contributed by atoms with Gasteiger partial charge in [0, 0.05) is 19.0 Å². The minimum Gasteiger partial charge on any atom is -0.312 e. The molecule has 0 aliphatic carbocycles. The maximum Gasteiger partial charge on any atom is 0.0211 e. The molecule has 0 aromatic heterocycles. The van der Waals surface area contributed by atoms with Gasteiger partial charge >= 0.3 is 0 Å². The Morgan fingerprint density at radius 1 is 1.27 bits per heavy atom. The Hall–Kier alpha value is -0.820. The molecule has 1 aliphatic heterocycles. The summed E-state index contributed by atoms with van der Waals surface area (Å²) in [5, 5.41) is 3.54. The minimum atomic E-state index is 0.343. The predicted octanol–water partition coefficient (Wildman–Crippen LogP) is 3.23. The second-order valence-electron chi connectivity index (χ2n) is 5.69. The summed E-state index contributed by atoms with van der Waals surface area (Å²) < 4.78 is 0. The Balaban J connectivity index is 2.48. The smallest absolute Gasteiger partial charge is 0.0211 e. The molecule has 2 rings (SSSR count). The van der Waals surface area contributed by atoms with E-state index in [1.165, 1.54) is 11.1 Å². The molecule has 0 fully saturated rings. The molecule has 0 saturated heterocycles. The van der Waals surface area contributed by atoms with Crippen LogP contribution in [0, 0.1) is 12.3 Å². The third kappa shape index (κ3) is 1.93. The molecule has 0 spiro atoms. The highest BCUT2D eigenvalue weighted by Gasteiger charge is 2.30. The van der Waals surface area contributed by atoms with Gasteiger partial charge in [0.1, 0.15) is 0 Å². The van der Waals surface area contributed by atoms with E-state index in [2.05, 4.69) is 51.2 Å². The van der Waals surface area contributed by atoms with E-state index in [4.69, 9.17) is 0 Å². The van der Waals surface area contributed by atoms with Crippen LogP contribution in [0.15, 0.2) is 18.2 Å². The Morgan fingerprint density at radius 3 is 2.67 bits per heavy atom. The maximum absolute atomic E-state index is 3.54. The fourth-order valence-electron chi connectivity index (χ4n) is 2.52. The Kier molecular flexibility index (Phi) is 2.59. The van der Waals surface area contributed by atoms with Crippen molar-refractivity contribution in [2.24, 2.45) is 5.41 Å². The molecule has 1 aromatic carbocycles. The zero-order chi connectivity index (χ0) is 11.1. The first kappa shape index (κ1) is 10.7. The van der Waals surface area contributed by atoms with Gasteiger partial charge in [0.25, 0.3) is 0 Å². The van der Waals surface area contributed by atoms with E-state index in [0.717, 1.165) is 13.1 Å². The van der Waals surface area contributed by atoms with Gasteiger partial charge in [0.05, 0.1) is 0 Å².